The van der Waals surface area contributed by atoms with Gasteiger partial charge in [0.1, 0.15) is 17.3 Å². The van der Waals surface area contributed by atoms with Crippen LogP contribution < -0.4 is 9.47 Å². The number of benzene rings is 3. The van der Waals surface area contributed by atoms with Crippen molar-refractivity contribution in [1.82, 2.24) is 0 Å². The molecule has 146 valence electrons. The maximum Gasteiger partial charge on any atom is 0.343 e. The van der Waals surface area contributed by atoms with Crippen molar-refractivity contribution < 1.29 is 18.7 Å². The summed E-state index contributed by atoms with van der Waals surface area (Å²) < 4.78 is 24.1. The Kier molecular flexibility index (Phi) is 7.02. The van der Waals surface area contributed by atoms with Gasteiger partial charge in [-0.2, -0.15) is 0 Å². The van der Waals surface area contributed by atoms with Gasteiger partial charge in [0.25, 0.3) is 0 Å². The molecule has 3 aromatic carbocycles. The van der Waals surface area contributed by atoms with Crippen LogP contribution in [-0.4, -0.2) is 12.6 Å². The third-order valence-corrected chi connectivity index (χ3v) is 4.10. The maximum absolute atomic E-state index is 13.2. The lowest BCUT2D eigenvalue weighted by atomic mass is 10.1. The number of rotatable bonds is 6. The lowest BCUT2D eigenvalue weighted by Crippen LogP contribution is -2.08. The van der Waals surface area contributed by atoms with E-state index < -0.39 is 11.8 Å². The molecule has 0 heterocycles. The van der Waals surface area contributed by atoms with Crippen LogP contribution in [0.1, 0.15) is 41.3 Å². The summed E-state index contributed by atoms with van der Waals surface area (Å²) in [6.45, 7) is 2.85. The first-order chi connectivity index (χ1) is 14.1. The number of carbonyl (C=O) groups is 1. The number of esters is 1. The van der Waals surface area contributed by atoms with Gasteiger partial charge in [-0.15, -0.1) is 0 Å². The van der Waals surface area contributed by atoms with E-state index in [2.05, 4.69) is 18.8 Å². The number of carbonyl (C=O) groups excluding carboxylic acids is 1. The van der Waals surface area contributed by atoms with Gasteiger partial charge < -0.3 is 9.47 Å². The molecular weight excluding hydrogens is 367 g/mol. The number of hydrogen-bond acceptors (Lipinski definition) is 3. The zero-order chi connectivity index (χ0) is 20.5. The molecule has 3 nitrogen and oxygen atoms in total. The second-order valence-electron chi connectivity index (χ2n) is 6.40. The summed E-state index contributed by atoms with van der Waals surface area (Å²) in [4.78, 5) is 12.0. The topological polar surface area (TPSA) is 35.5 Å². The van der Waals surface area contributed by atoms with E-state index in [0.29, 0.717) is 5.75 Å². The van der Waals surface area contributed by atoms with Gasteiger partial charge in [0.05, 0.1) is 12.2 Å². The third-order valence-electron chi connectivity index (χ3n) is 4.10. The number of ether oxygens (including phenoxy) is 2. The van der Waals surface area contributed by atoms with E-state index >= 15 is 0 Å². The minimum Gasteiger partial charge on any atom is -0.494 e. The minimum absolute atomic E-state index is 0.163. The number of unbranched alkanes of at least 4 members (excludes halogenated alkanes) is 1. The molecule has 0 aliphatic rings. The summed E-state index contributed by atoms with van der Waals surface area (Å²) in [5.41, 5.74) is 1.84. The highest BCUT2D eigenvalue weighted by atomic mass is 19.1. The van der Waals surface area contributed by atoms with E-state index in [1.165, 1.54) is 18.2 Å². The molecule has 0 unspecified atom stereocenters. The van der Waals surface area contributed by atoms with E-state index in [-0.39, 0.29) is 5.56 Å². The number of halogens is 1. The molecule has 3 aromatic rings. The van der Waals surface area contributed by atoms with E-state index in [4.69, 9.17) is 9.47 Å². The van der Waals surface area contributed by atoms with Gasteiger partial charge in [-0.25, -0.2) is 9.18 Å². The molecule has 0 radical (unpaired) electrons. The van der Waals surface area contributed by atoms with Crippen LogP contribution in [0.2, 0.25) is 0 Å². The summed E-state index contributed by atoms with van der Waals surface area (Å²) in [6.07, 6.45) is 2.14. The molecular formula is C25H21FO3. The summed E-state index contributed by atoms with van der Waals surface area (Å²) in [6, 6.07) is 19.9. The van der Waals surface area contributed by atoms with Gasteiger partial charge in [-0.3, -0.25) is 0 Å². The average molecular weight is 388 g/mol. The summed E-state index contributed by atoms with van der Waals surface area (Å²) in [7, 11) is 0. The van der Waals surface area contributed by atoms with Gasteiger partial charge in [0, 0.05) is 11.1 Å². The van der Waals surface area contributed by atoms with Crippen molar-refractivity contribution in [2.75, 3.05) is 6.61 Å². The van der Waals surface area contributed by atoms with Crippen molar-refractivity contribution in [3.8, 4) is 23.3 Å². The second-order valence-corrected chi connectivity index (χ2v) is 6.40. The average Bonchev–Trinajstić information content (AvgIpc) is 2.74. The maximum atomic E-state index is 13.2. The standard InChI is InChI=1S/C25H21FO3/c1-2-3-17-28-23-13-9-19(10-14-23)7-8-20-11-15-24(16-12-20)29-25(27)21-5-4-6-22(26)18-21/h4-6,9-16,18H,2-3,17H2,1H3. The summed E-state index contributed by atoms with van der Waals surface area (Å²) in [5, 5.41) is 0. The molecule has 0 amide bonds. The molecule has 0 aliphatic heterocycles. The van der Waals surface area contributed by atoms with E-state index in [1.54, 1.807) is 24.3 Å². The largest absolute Gasteiger partial charge is 0.494 e. The third kappa shape index (κ3) is 6.22. The van der Waals surface area contributed by atoms with E-state index in [1.807, 2.05) is 24.3 Å². The van der Waals surface area contributed by atoms with Crippen LogP contribution in [0.5, 0.6) is 11.5 Å². The highest BCUT2D eigenvalue weighted by Crippen LogP contribution is 2.15. The Balaban J connectivity index is 1.59. The van der Waals surface area contributed by atoms with Gasteiger partial charge in [0.15, 0.2) is 0 Å². The molecule has 29 heavy (non-hydrogen) atoms. The monoisotopic (exact) mass is 388 g/mol. The van der Waals surface area contributed by atoms with Crippen LogP contribution in [0, 0.1) is 17.7 Å². The molecule has 4 heteroatoms. The molecule has 0 bridgehead atoms. The smallest absolute Gasteiger partial charge is 0.343 e. The van der Waals surface area contributed by atoms with Crippen LogP contribution in [0.3, 0.4) is 0 Å². The summed E-state index contributed by atoms with van der Waals surface area (Å²) in [5.74, 6) is 6.29. The predicted octanol–water partition coefficient (Wildman–Crippen LogP) is 5.62. The molecule has 0 saturated heterocycles. The molecule has 3 rings (SSSR count). The Hall–Kier alpha value is -3.58. The fraction of sp³-hybridized carbons (Fsp3) is 0.160. The highest BCUT2D eigenvalue weighted by molar-refractivity contribution is 5.91. The van der Waals surface area contributed by atoms with Crippen molar-refractivity contribution in [2.24, 2.45) is 0 Å². The van der Waals surface area contributed by atoms with Crippen molar-refractivity contribution in [3.63, 3.8) is 0 Å². The number of hydrogen-bond donors (Lipinski definition) is 0. The lowest BCUT2D eigenvalue weighted by molar-refractivity contribution is 0.0734. The summed E-state index contributed by atoms with van der Waals surface area (Å²) >= 11 is 0. The van der Waals surface area contributed by atoms with Crippen LogP contribution in [-0.2, 0) is 0 Å². The molecule has 0 saturated carbocycles. The lowest BCUT2D eigenvalue weighted by Gasteiger charge is -2.04. The van der Waals surface area contributed by atoms with Gasteiger partial charge in [-0.1, -0.05) is 31.3 Å². The Morgan fingerprint density at radius 3 is 2.10 bits per heavy atom. The van der Waals surface area contributed by atoms with Crippen LogP contribution in [0.4, 0.5) is 4.39 Å². The Morgan fingerprint density at radius 2 is 1.52 bits per heavy atom. The molecule has 0 fully saturated rings. The first kappa shape index (κ1) is 20.2. The Morgan fingerprint density at radius 1 is 0.897 bits per heavy atom. The van der Waals surface area contributed by atoms with Crippen molar-refractivity contribution >= 4 is 5.97 Å². The first-order valence-corrected chi connectivity index (χ1v) is 9.47. The second kappa shape index (κ2) is 10.1. The van der Waals surface area contributed by atoms with Crippen molar-refractivity contribution in [2.45, 2.75) is 19.8 Å². The molecule has 0 N–H and O–H groups in total. The minimum atomic E-state index is -0.607. The van der Waals surface area contributed by atoms with Crippen LogP contribution in [0.25, 0.3) is 0 Å². The zero-order valence-electron chi connectivity index (χ0n) is 16.2. The first-order valence-electron chi connectivity index (χ1n) is 9.47. The predicted molar refractivity (Wildman–Crippen MR) is 111 cm³/mol. The molecule has 0 atom stereocenters. The van der Waals surface area contributed by atoms with Gasteiger partial charge >= 0.3 is 5.97 Å². The van der Waals surface area contributed by atoms with Crippen LogP contribution >= 0.6 is 0 Å². The molecule has 0 aliphatic carbocycles. The van der Waals surface area contributed by atoms with Gasteiger partial charge in [0.2, 0.25) is 0 Å². The van der Waals surface area contributed by atoms with Gasteiger partial charge in [-0.05, 0) is 73.2 Å². The zero-order valence-corrected chi connectivity index (χ0v) is 16.2. The molecule has 0 aromatic heterocycles. The van der Waals surface area contributed by atoms with E-state index in [0.717, 1.165) is 42.4 Å². The SMILES string of the molecule is CCCCOc1ccc(C#Cc2ccc(OC(=O)c3cccc(F)c3)cc2)cc1. The fourth-order valence-electron chi connectivity index (χ4n) is 2.50. The fourth-order valence-corrected chi connectivity index (χ4v) is 2.50. The molecule has 0 spiro atoms. The van der Waals surface area contributed by atoms with Crippen LogP contribution in [0.15, 0.2) is 72.8 Å². The Labute approximate surface area is 170 Å². The van der Waals surface area contributed by atoms with E-state index in [9.17, 15) is 9.18 Å². The highest BCUT2D eigenvalue weighted by Gasteiger charge is 2.09. The normalized spacial score (nSPS) is 10.0. The van der Waals surface area contributed by atoms with Crippen molar-refractivity contribution in [3.05, 3.63) is 95.3 Å². The Bertz CT molecular complexity index is 1010. The quantitative estimate of drug-likeness (QED) is 0.238. The van der Waals surface area contributed by atoms with Crippen molar-refractivity contribution in [1.29, 1.82) is 0 Å².